The van der Waals surface area contributed by atoms with Crippen LogP contribution in [0.1, 0.15) is 5.76 Å². The molecular weight excluding hydrogens is 242 g/mol. The van der Waals surface area contributed by atoms with Gasteiger partial charge in [0, 0.05) is 12.4 Å². The average Bonchev–Trinajstić information content (AvgIpc) is 3.06. The number of nitrogens with two attached hydrogens (primary N) is 1. The van der Waals surface area contributed by atoms with Crippen LogP contribution < -0.4 is 10.5 Å². The topological polar surface area (TPSA) is 66.2 Å². The van der Waals surface area contributed by atoms with Gasteiger partial charge in [0.2, 0.25) is 0 Å². The number of ether oxygens (including phenoxy) is 1. The maximum absolute atomic E-state index is 5.82. The van der Waals surface area contributed by atoms with Crippen molar-refractivity contribution in [2.75, 3.05) is 6.61 Å². The fourth-order valence-electron chi connectivity index (χ4n) is 2.04. The van der Waals surface area contributed by atoms with Gasteiger partial charge in [0.15, 0.2) is 11.5 Å². The Morgan fingerprint density at radius 1 is 1.26 bits per heavy atom. The van der Waals surface area contributed by atoms with Crippen LogP contribution in [0.2, 0.25) is 0 Å². The van der Waals surface area contributed by atoms with Gasteiger partial charge in [-0.2, -0.15) is 5.10 Å². The van der Waals surface area contributed by atoms with Crippen LogP contribution in [0.15, 0.2) is 47.1 Å². The highest BCUT2D eigenvalue weighted by Gasteiger charge is 2.13. The van der Waals surface area contributed by atoms with Crippen molar-refractivity contribution in [1.82, 2.24) is 9.78 Å². The SMILES string of the molecule is NCc1oc2ccccc2c1OCCn1cccn1. The zero-order valence-corrected chi connectivity index (χ0v) is 10.5. The van der Waals surface area contributed by atoms with E-state index in [0.717, 1.165) is 16.7 Å². The van der Waals surface area contributed by atoms with E-state index >= 15 is 0 Å². The van der Waals surface area contributed by atoms with E-state index in [4.69, 9.17) is 14.9 Å². The molecule has 0 radical (unpaired) electrons. The molecule has 0 aliphatic rings. The van der Waals surface area contributed by atoms with E-state index in [9.17, 15) is 0 Å². The molecule has 3 aromatic rings. The predicted molar refractivity (Wildman–Crippen MR) is 71.8 cm³/mol. The molecule has 3 rings (SSSR count). The van der Waals surface area contributed by atoms with Crippen LogP contribution in [0, 0.1) is 0 Å². The van der Waals surface area contributed by atoms with E-state index in [1.807, 2.05) is 41.2 Å². The summed E-state index contributed by atoms with van der Waals surface area (Å²) in [6.45, 7) is 1.54. The predicted octanol–water partition coefficient (Wildman–Crippen LogP) is 2.17. The van der Waals surface area contributed by atoms with Crippen LogP contribution in [0.4, 0.5) is 0 Å². The molecule has 0 saturated heterocycles. The molecule has 0 unspecified atom stereocenters. The van der Waals surface area contributed by atoms with E-state index in [-0.39, 0.29) is 0 Å². The summed E-state index contributed by atoms with van der Waals surface area (Å²) in [4.78, 5) is 0. The van der Waals surface area contributed by atoms with Gasteiger partial charge in [0.1, 0.15) is 12.2 Å². The van der Waals surface area contributed by atoms with Crippen LogP contribution in [0.5, 0.6) is 5.75 Å². The Morgan fingerprint density at radius 2 is 2.16 bits per heavy atom. The molecule has 2 N–H and O–H groups in total. The standard InChI is InChI=1S/C14H15N3O2/c15-10-13-14(11-4-1-2-5-12(11)19-13)18-9-8-17-7-3-6-16-17/h1-7H,8-10,15H2. The lowest BCUT2D eigenvalue weighted by Crippen LogP contribution is -2.09. The quantitative estimate of drug-likeness (QED) is 0.760. The summed E-state index contributed by atoms with van der Waals surface area (Å²) >= 11 is 0. The van der Waals surface area contributed by atoms with Crippen LogP contribution in [0.25, 0.3) is 11.0 Å². The number of fused-ring (bicyclic) bond motifs is 1. The fourth-order valence-corrected chi connectivity index (χ4v) is 2.04. The third-order valence-corrected chi connectivity index (χ3v) is 2.93. The van der Waals surface area contributed by atoms with Crippen molar-refractivity contribution in [3.05, 3.63) is 48.5 Å². The van der Waals surface area contributed by atoms with E-state index < -0.39 is 0 Å². The molecule has 1 aromatic carbocycles. The minimum absolute atomic E-state index is 0.325. The molecule has 5 heteroatoms. The molecule has 98 valence electrons. The summed E-state index contributed by atoms with van der Waals surface area (Å²) in [5.74, 6) is 1.42. The second-order valence-electron chi connectivity index (χ2n) is 4.17. The lowest BCUT2D eigenvalue weighted by atomic mass is 10.2. The summed E-state index contributed by atoms with van der Waals surface area (Å²) in [6, 6.07) is 9.66. The Kier molecular flexibility index (Phi) is 3.20. The number of aromatic nitrogens is 2. The minimum Gasteiger partial charge on any atom is -0.487 e. The van der Waals surface area contributed by atoms with E-state index in [1.165, 1.54) is 0 Å². The highest BCUT2D eigenvalue weighted by molar-refractivity contribution is 5.85. The van der Waals surface area contributed by atoms with Gasteiger partial charge in [-0.1, -0.05) is 12.1 Å². The zero-order valence-electron chi connectivity index (χ0n) is 10.5. The Balaban J connectivity index is 1.79. The number of hydrogen-bond acceptors (Lipinski definition) is 4. The zero-order chi connectivity index (χ0) is 13.1. The van der Waals surface area contributed by atoms with E-state index in [1.54, 1.807) is 6.20 Å². The highest BCUT2D eigenvalue weighted by atomic mass is 16.5. The van der Waals surface area contributed by atoms with Gasteiger partial charge >= 0.3 is 0 Å². The van der Waals surface area contributed by atoms with Gasteiger partial charge in [-0.15, -0.1) is 0 Å². The summed E-state index contributed by atoms with van der Waals surface area (Å²) in [5.41, 5.74) is 6.49. The third-order valence-electron chi connectivity index (χ3n) is 2.93. The molecular formula is C14H15N3O2. The molecule has 0 spiro atoms. The largest absolute Gasteiger partial charge is 0.487 e. The van der Waals surface area contributed by atoms with Crippen molar-refractivity contribution in [1.29, 1.82) is 0 Å². The van der Waals surface area contributed by atoms with Crippen molar-refractivity contribution in [2.24, 2.45) is 5.73 Å². The second-order valence-corrected chi connectivity index (χ2v) is 4.17. The Bertz CT molecular complexity index is 658. The molecule has 0 bridgehead atoms. The molecule has 2 heterocycles. The molecule has 19 heavy (non-hydrogen) atoms. The maximum Gasteiger partial charge on any atom is 0.169 e. The summed E-state index contributed by atoms with van der Waals surface area (Å²) in [6.07, 6.45) is 3.65. The number of furan rings is 1. The van der Waals surface area contributed by atoms with E-state index in [2.05, 4.69) is 5.10 Å². The monoisotopic (exact) mass is 257 g/mol. The summed E-state index contributed by atoms with van der Waals surface area (Å²) < 4.78 is 13.3. The normalized spacial score (nSPS) is 11.0. The average molecular weight is 257 g/mol. The molecule has 5 nitrogen and oxygen atoms in total. The van der Waals surface area contributed by atoms with Crippen molar-refractivity contribution in [2.45, 2.75) is 13.1 Å². The fraction of sp³-hybridized carbons (Fsp3) is 0.214. The third kappa shape index (κ3) is 2.32. The van der Waals surface area contributed by atoms with E-state index in [0.29, 0.717) is 25.5 Å². The number of nitrogens with zero attached hydrogens (tertiary/aromatic N) is 2. The van der Waals surface area contributed by atoms with Gasteiger partial charge in [-0.05, 0) is 18.2 Å². The van der Waals surface area contributed by atoms with Crippen molar-refractivity contribution < 1.29 is 9.15 Å². The van der Waals surface area contributed by atoms with Gasteiger partial charge in [0.25, 0.3) is 0 Å². The smallest absolute Gasteiger partial charge is 0.169 e. The molecule has 0 aliphatic heterocycles. The van der Waals surface area contributed by atoms with Gasteiger partial charge in [-0.25, -0.2) is 0 Å². The lowest BCUT2D eigenvalue weighted by molar-refractivity contribution is 0.285. The maximum atomic E-state index is 5.82. The summed E-state index contributed by atoms with van der Waals surface area (Å²) in [5, 5.41) is 5.09. The van der Waals surface area contributed by atoms with Crippen LogP contribution in [0.3, 0.4) is 0 Å². The first-order valence-corrected chi connectivity index (χ1v) is 6.19. The number of para-hydroxylation sites is 1. The first kappa shape index (κ1) is 11.8. The van der Waals surface area contributed by atoms with Gasteiger partial charge in [0.05, 0.1) is 18.5 Å². The molecule has 0 atom stereocenters. The second kappa shape index (κ2) is 5.16. The van der Waals surface area contributed by atoms with Crippen molar-refractivity contribution >= 4 is 11.0 Å². The lowest BCUT2D eigenvalue weighted by Gasteiger charge is -2.06. The Hall–Kier alpha value is -2.27. The molecule has 2 aromatic heterocycles. The van der Waals surface area contributed by atoms with Crippen LogP contribution in [-0.2, 0) is 13.1 Å². The molecule has 0 saturated carbocycles. The highest BCUT2D eigenvalue weighted by Crippen LogP contribution is 2.32. The Morgan fingerprint density at radius 3 is 2.95 bits per heavy atom. The van der Waals surface area contributed by atoms with Crippen molar-refractivity contribution in [3.63, 3.8) is 0 Å². The molecule has 0 amide bonds. The number of rotatable bonds is 5. The van der Waals surface area contributed by atoms with Gasteiger partial charge < -0.3 is 14.9 Å². The van der Waals surface area contributed by atoms with Crippen molar-refractivity contribution in [3.8, 4) is 5.75 Å². The number of benzene rings is 1. The van der Waals surface area contributed by atoms with Gasteiger partial charge in [-0.3, -0.25) is 4.68 Å². The number of hydrogen-bond donors (Lipinski definition) is 1. The molecule has 0 aliphatic carbocycles. The Labute approximate surface area is 110 Å². The summed E-state index contributed by atoms with van der Waals surface area (Å²) in [7, 11) is 0. The van der Waals surface area contributed by atoms with Crippen LogP contribution >= 0.6 is 0 Å². The minimum atomic E-state index is 0.325. The molecule has 0 fully saturated rings. The first-order chi connectivity index (χ1) is 9.38. The van der Waals surface area contributed by atoms with Crippen LogP contribution in [-0.4, -0.2) is 16.4 Å². The first-order valence-electron chi connectivity index (χ1n) is 6.19.